The molecule has 102 valence electrons. The number of rotatable bonds is 6. The zero-order chi connectivity index (χ0) is 13.7. The monoisotopic (exact) mass is 277 g/mol. The van der Waals surface area contributed by atoms with E-state index in [1.165, 1.54) is 5.56 Å². The highest BCUT2D eigenvalue weighted by Crippen LogP contribution is 2.21. The van der Waals surface area contributed by atoms with Gasteiger partial charge in [-0.25, -0.2) is 0 Å². The van der Waals surface area contributed by atoms with E-state index in [1.54, 1.807) is 0 Å². The molecule has 4 heteroatoms. The molecule has 0 aliphatic carbocycles. The molecule has 0 aliphatic heterocycles. The van der Waals surface area contributed by atoms with Gasteiger partial charge in [-0.3, -0.25) is 4.68 Å². The van der Waals surface area contributed by atoms with E-state index in [2.05, 4.69) is 35.5 Å². The Balaban J connectivity index is 2.13. The summed E-state index contributed by atoms with van der Waals surface area (Å²) in [6, 6.07) is 10.2. The minimum absolute atomic E-state index is 0.423. The molecule has 0 amide bonds. The highest BCUT2D eigenvalue weighted by atomic mass is 35.5. The van der Waals surface area contributed by atoms with Gasteiger partial charge in [-0.05, 0) is 36.7 Å². The number of hydrogen-bond acceptors (Lipinski definition) is 2. The summed E-state index contributed by atoms with van der Waals surface area (Å²) in [6.45, 7) is 4.06. The van der Waals surface area contributed by atoms with Gasteiger partial charge in [0.25, 0.3) is 0 Å². The average molecular weight is 278 g/mol. The molecule has 0 radical (unpaired) electrons. The smallest absolute Gasteiger partial charge is 0.0631 e. The Kier molecular flexibility index (Phi) is 5.00. The number of aromatic nitrogens is 2. The van der Waals surface area contributed by atoms with Gasteiger partial charge >= 0.3 is 0 Å². The molecule has 1 heterocycles. The Bertz CT molecular complexity index is 504. The third-order valence-electron chi connectivity index (χ3n) is 3.21. The number of nitrogens with zero attached hydrogens (tertiary/aromatic N) is 2. The summed E-state index contributed by atoms with van der Waals surface area (Å²) < 4.78 is 1.85. The van der Waals surface area contributed by atoms with Crippen molar-refractivity contribution in [3.8, 4) is 0 Å². The van der Waals surface area contributed by atoms with Gasteiger partial charge in [-0.2, -0.15) is 5.10 Å². The summed E-state index contributed by atoms with van der Waals surface area (Å²) in [5.74, 6) is 0.423. The molecule has 1 unspecified atom stereocenters. The van der Waals surface area contributed by atoms with E-state index < -0.39 is 0 Å². The zero-order valence-corrected chi connectivity index (χ0v) is 12.2. The molecule has 1 aromatic carbocycles. The summed E-state index contributed by atoms with van der Waals surface area (Å²) in [4.78, 5) is 0. The molecule has 0 aliphatic rings. The van der Waals surface area contributed by atoms with Gasteiger partial charge in [0.15, 0.2) is 0 Å². The standard InChI is InChI=1S/C15H20ClN3/c1-3-17-11-13(10-15-8-9-19(2)18-15)12-4-6-14(16)7-5-12/h4-9,13,17H,3,10-11H2,1-2H3. The van der Waals surface area contributed by atoms with Gasteiger partial charge in [0.2, 0.25) is 0 Å². The average Bonchev–Trinajstić information content (AvgIpc) is 2.81. The van der Waals surface area contributed by atoms with Crippen LogP contribution in [0.5, 0.6) is 0 Å². The van der Waals surface area contributed by atoms with Crippen molar-refractivity contribution >= 4 is 11.6 Å². The molecular formula is C15H20ClN3. The maximum Gasteiger partial charge on any atom is 0.0631 e. The van der Waals surface area contributed by atoms with Crippen LogP contribution >= 0.6 is 11.6 Å². The van der Waals surface area contributed by atoms with E-state index in [9.17, 15) is 0 Å². The van der Waals surface area contributed by atoms with Crippen LogP contribution in [0.3, 0.4) is 0 Å². The van der Waals surface area contributed by atoms with Crippen molar-refractivity contribution < 1.29 is 0 Å². The van der Waals surface area contributed by atoms with Gasteiger partial charge in [-0.15, -0.1) is 0 Å². The normalized spacial score (nSPS) is 12.6. The number of likely N-dealkylation sites (N-methyl/N-ethyl adjacent to an activating group) is 1. The second-order valence-corrected chi connectivity index (χ2v) is 5.18. The number of hydrogen-bond donors (Lipinski definition) is 1. The second kappa shape index (κ2) is 6.73. The number of halogens is 1. The van der Waals surface area contributed by atoms with E-state index in [0.29, 0.717) is 5.92 Å². The molecule has 1 atom stereocenters. The molecule has 0 bridgehead atoms. The van der Waals surface area contributed by atoms with E-state index >= 15 is 0 Å². The summed E-state index contributed by atoms with van der Waals surface area (Å²) in [5.41, 5.74) is 2.43. The maximum atomic E-state index is 5.95. The fourth-order valence-electron chi connectivity index (χ4n) is 2.19. The van der Waals surface area contributed by atoms with Gasteiger partial charge < -0.3 is 5.32 Å². The van der Waals surface area contributed by atoms with Gasteiger partial charge in [-0.1, -0.05) is 30.7 Å². The Morgan fingerprint density at radius 3 is 2.58 bits per heavy atom. The minimum Gasteiger partial charge on any atom is -0.316 e. The Morgan fingerprint density at radius 1 is 1.26 bits per heavy atom. The first kappa shape index (κ1) is 14.1. The highest BCUT2D eigenvalue weighted by Gasteiger charge is 2.13. The van der Waals surface area contributed by atoms with Crippen molar-refractivity contribution in [1.29, 1.82) is 0 Å². The summed E-state index contributed by atoms with van der Waals surface area (Å²) in [6.07, 6.45) is 2.93. The van der Waals surface area contributed by atoms with Crippen LogP contribution in [0.15, 0.2) is 36.5 Å². The van der Waals surface area contributed by atoms with Crippen molar-refractivity contribution in [3.63, 3.8) is 0 Å². The summed E-state index contributed by atoms with van der Waals surface area (Å²) in [7, 11) is 1.95. The van der Waals surface area contributed by atoms with Crippen LogP contribution in [-0.2, 0) is 13.5 Å². The topological polar surface area (TPSA) is 29.9 Å². The van der Waals surface area contributed by atoms with Crippen molar-refractivity contribution in [2.24, 2.45) is 7.05 Å². The number of benzene rings is 1. The number of nitrogens with one attached hydrogen (secondary N) is 1. The van der Waals surface area contributed by atoms with Crippen LogP contribution in [0.4, 0.5) is 0 Å². The minimum atomic E-state index is 0.423. The predicted octanol–water partition coefficient (Wildman–Crippen LogP) is 3.01. The Hall–Kier alpha value is -1.32. The van der Waals surface area contributed by atoms with Crippen LogP contribution in [0.25, 0.3) is 0 Å². The van der Waals surface area contributed by atoms with Crippen molar-refractivity contribution in [1.82, 2.24) is 15.1 Å². The summed E-state index contributed by atoms with van der Waals surface area (Å²) in [5, 5.41) is 8.67. The quantitative estimate of drug-likeness (QED) is 0.880. The van der Waals surface area contributed by atoms with Crippen molar-refractivity contribution in [2.45, 2.75) is 19.3 Å². The van der Waals surface area contributed by atoms with E-state index in [1.807, 2.05) is 30.1 Å². The lowest BCUT2D eigenvalue weighted by Gasteiger charge is -2.17. The van der Waals surface area contributed by atoms with E-state index in [-0.39, 0.29) is 0 Å². The molecule has 0 spiro atoms. The highest BCUT2D eigenvalue weighted by molar-refractivity contribution is 6.30. The molecule has 0 saturated heterocycles. The predicted molar refractivity (Wildman–Crippen MR) is 79.6 cm³/mol. The van der Waals surface area contributed by atoms with Crippen LogP contribution in [-0.4, -0.2) is 22.9 Å². The van der Waals surface area contributed by atoms with E-state index in [0.717, 1.165) is 30.2 Å². The van der Waals surface area contributed by atoms with Crippen molar-refractivity contribution in [2.75, 3.05) is 13.1 Å². The first-order valence-electron chi connectivity index (χ1n) is 6.63. The maximum absolute atomic E-state index is 5.95. The van der Waals surface area contributed by atoms with Gasteiger partial charge in [0, 0.05) is 30.7 Å². The van der Waals surface area contributed by atoms with Crippen molar-refractivity contribution in [3.05, 3.63) is 52.8 Å². The first-order chi connectivity index (χ1) is 9.19. The van der Waals surface area contributed by atoms with Gasteiger partial charge in [0.1, 0.15) is 0 Å². The summed E-state index contributed by atoms with van der Waals surface area (Å²) >= 11 is 5.95. The fraction of sp³-hybridized carbons (Fsp3) is 0.400. The molecule has 3 nitrogen and oxygen atoms in total. The molecule has 2 aromatic rings. The molecule has 0 saturated carbocycles. The second-order valence-electron chi connectivity index (χ2n) is 4.74. The third kappa shape index (κ3) is 4.08. The van der Waals surface area contributed by atoms with Crippen LogP contribution in [0.2, 0.25) is 5.02 Å². The molecular weight excluding hydrogens is 258 g/mol. The first-order valence-corrected chi connectivity index (χ1v) is 7.01. The van der Waals surface area contributed by atoms with Gasteiger partial charge in [0.05, 0.1) is 5.69 Å². The Labute approximate surface area is 119 Å². The van der Waals surface area contributed by atoms with Crippen LogP contribution < -0.4 is 5.32 Å². The molecule has 2 rings (SSSR count). The van der Waals surface area contributed by atoms with Crippen LogP contribution in [0, 0.1) is 0 Å². The third-order valence-corrected chi connectivity index (χ3v) is 3.46. The lowest BCUT2D eigenvalue weighted by Crippen LogP contribution is -2.22. The zero-order valence-electron chi connectivity index (χ0n) is 11.4. The van der Waals surface area contributed by atoms with E-state index in [4.69, 9.17) is 11.6 Å². The molecule has 1 N–H and O–H groups in total. The number of aryl methyl sites for hydroxylation is 1. The lowest BCUT2D eigenvalue weighted by molar-refractivity contribution is 0.583. The molecule has 19 heavy (non-hydrogen) atoms. The lowest BCUT2D eigenvalue weighted by atomic mass is 9.94. The SMILES string of the molecule is CCNCC(Cc1ccn(C)n1)c1ccc(Cl)cc1. The Morgan fingerprint density at radius 2 is 2.00 bits per heavy atom. The fourth-order valence-corrected chi connectivity index (χ4v) is 2.31. The largest absolute Gasteiger partial charge is 0.316 e. The molecule has 1 aromatic heterocycles. The van der Waals surface area contributed by atoms with Crippen LogP contribution in [0.1, 0.15) is 24.1 Å². The molecule has 0 fully saturated rings.